The van der Waals surface area contributed by atoms with E-state index in [-0.39, 0.29) is 16.0 Å². The number of rotatable bonds is 2. The minimum Gasteiger partial charge on any atom is -0.332 e. The summed E-state index contributed by atoms with van der Waals surface area (Å²) in [6.07, 6.45) is 0. The maximum Gasteiger partial charge on any atom is 0.364 e. The van der Waals surface area contributed by atoms with Crippen LogP contribution in [0, 0.1) is 0 Å². The molecule has 0 aromatic heterocycles. The van der Waals surface area contributed by atoms with E-state index in [1.54, 1.807) is 39.0 Å². The smallest absolute Gasteiger partial charge is 0.332 e. The molecule has 0 saturated carbocycles. The maximum absolute atomic E-state index is 13.1. The van der Waals surface area contributed by atoms with Crippen molar-refractivity contribution in [1.29, 1.82) is 0 Å². The van der Waals surface area contributed by atoms with Gasteiger partial charge in [0.1, 0.15) is 0 Å². The Hall–Kier alpha value is -2.04. The van der Waals surface area contributed by atoms with Crippen molar-refractivity contribution in [1.82, 2.24) is 5.06 Å². The second-order valence-electron chi connectivity index (χ2n) is 8.60. The molecule has 4 nitrogen and oxygen atoms in total. The summed E-state index contributed by atoms with van der Waals surface area (Å²) in [5.74, 6) is -1.14. The molecule has 0 atom stereocenters. The molecular formula is C22H25Cl2NO3. The van der Waals surface area contributed by atoms with E-state index in [2.05, 4.69) is 20.8 Å². The first-order chi connectivity index (χ1) is 12.8. The molecule has 28 heavy (non-hydrogen) atoms. The first kappa shape index (κ1) is 22.3. The highest BCUT2D eigenvalue weighted by Gasteiger charge is 2.32. The van der Waals surface area contributed by atoms with Crippen molar-refractivity contribution >= 4 is 35.1 Å². The van der Waals surface area contributed by atoms with Gasteiger partial charge in [-0.1, -0.05) is 56.1 Å². The molecule has 0 N–H and O–H groups in total. The Balaban J connectivity index is 2.31. The highest BCUT2D eigenvalue weighted by molar-refractivity contribution is 6.36. The van der Waals surface area contributed by atoms with Gasteiger partial charge in [-0.3, -0.25) is 4.79 Å². The van der Waals surface area contributed by atoms with Crippen molar-refractivity contribution < 1.29 is 14.4 Å². The van der Waals surface area contributed by atoms with Gasteiger partial charge in [0.25, 0.3) is 5.91 Å². The van der Waals surface area contributed by atoms with Crippen LogP contribution < -0.4 is 0 Å². The summed E-state index contributed by atoms with van der Waals surface area (Å²) in [5, 5.41) is 1.64. The molecule has 0 fully saturated rings. The number of nitrogens with zero attached hydrogens (tertiary/aromatic N) is 1. The lowest BCUT2D eigenvalue weighted by Crippen LogP contribution is -2.46. The Kier molecular flexibility index (Phi) is 6.47. The fourth-order valence-corrected chi connectivity index (χ4v) is 2.99. The summed E-state index contributed by atoms with van der Waals surface area (Å²) in [7, 11) is 0. The molecule has 2 aromatic rings. The summed E-state index contributed by atoms with van der Waals surface area (Å²) in [6.45, 7) is 11.6. The molecule has 0 spiro atoms. The summed E-state index contributed by atoms with van der Waals surface area (Å²) in [4.78, 5) is 31.1. The van der Waals surface area contributed by atoms with Crippen molar-refractivity contribution in [2.75, 3.05) is 0 Å². The zero-order chi connectivity index (χ0) is 21.3. The number of hydrogen-bond donors (Lipinski definition) is 0. The summed E-state index contributed by atoms with van der Waals surface area (Å²) in [5.41, 5.74) is 0.891. The normalized spacial score (nSPS) is 11.9. The summed E-state index contributed by atoms with van der Waals surface area (Å²) in [6, 6.07) is 11.8. The highest BCUT2D eigenvalue weighted by atomic mass is 35.5. The number of benzene rings is 2. The Morgan fingerprint density at radius 1 is 0.893 bits per heavy atom. The number of carbonyl (C=O) groups excluding carboxylic acids is 2. The predicted octanol–water partition coefficient (Wildman–Crippen LogP) is 6.30. The molecule has 0 unspecified atom stereocenters. The van der Waals surface area contributed by atoms with E-state index in [0.717, 1.165) is 10.6 Å². The van der Waals surface area contributed by atoms with Crippen molar-refractivity contribution in [3.63, 3.8) is 0 Å². The summed E-state index contributed by atoms with van der Waals surface area (Å²) < 4.78 is 0. The molecule has 0 saturated heterocycles. The number of hydrogen-bond acceptors (Lipinski definition) is 3. The van der Waals surface area contributed by atoms with Gasteiger partial charge in [-0.25, -0.2) is 4.79 Å². The molecule has 0 heterocycles. The van der Waals surface area contributed by atoms with Crippen molar-refractivity contribution in [3.05, 3.63) is 69.2 Å². The lowest BCUT2D eigenvalue weighted by Gasteiger charge is -2.33. The number of halogens is 2. The quantitative estimate of drug-likeness (QED) is 0.534. The lowest BCUT2D eigenvalue weighted by molar-refractivity contribution is -0.127. The third-order valence-electron chi connectivity index (χ3n) is 4.12. The van der Waals surface area contributed by atoms with E-state index in [4.69, 9.17) is 28.0 Å². The largest absolute Gasteiger partial charge is 0.364 e. The molecule has 0 aliphatic heterocycles. The van der Waals surface area contributed by atoms with Crippen LogP contribution in [0.4, 0.5) is 0 Å². The van der Waals surface area contributed by atoms with Crippen LogP contribution in [0.5, 0.6) is 0 Å². The van der Waals surface area contributed by atoms with E-state index in [1.807, 2.05) is 12.1 Å². The third kappa shape index (κ3) is 5.27. The first-order valence-corrected chi connectivity index (χ1v) is 9.69. The predicted molar refractivity (Wildman–Crippen MR) is 113 cm³/mol. The fourth-order valence-electron chi connectivity index (χ4n) is 2.50. The van der Waals surface area contributed by atoms with Crippen LogP contribution in [0.15, 0.2) is 42.5 Å². The van der Waals surface area contributed by atoms with Gasteiger partial charge in [0.15, 0.2) is 0 Å². The van der Waals surface area contributed by atoms with Crippen molar-refractivity contribution in [3.8, 4) is 0 Å². The molecule has 0 aliphatic carbocycles. The molecule has 2 rings (SSSR count). The van der Waals surface area contributed by atoms with Crippen LogP contribution in [0.1, 0.15) is 67.8 Å². The van der Waals surface area contributed by atoms with E-state index >= 15 is 0 Å². The fraction of sp³-hybridized carbons (Fsp3) is 0.364. The van der Waals surface area contributed by atoms with Crippen LogP contribution in [0.25, 0.3) is 0 Å². The Bertz CT molecular complexity index is 878. The standard InChI is InChI=1S/C22H25Cl2NO3/c1-21(2,3)15-9-7-14(8-10-15)19(26)25(22(4,5)6)28-20(27)17-12-11-16(23)13-18(17)24/h7-13H,1-6H3. The van der Waals surface area contributed by atoms with Gasteiger partial charge >= 0.3 is 5.97 Å². The zero-order valence-corrected chi connectivity index (χ0v) is 18.5. The Morgan fingerprint density at radius 2 is 1.46 bits per heavy atom. The van der Waals surface area contributed by atoms with Gasteiger partial charge in [-0.2, -0.15) is 5.06 Å². The zero-order valence-electron chi connectivity index (χ0n) is 17.0. The van der Waals surface area contributed by atoms with E-state index < -0.39 is 17.4 Å². The highest BCUT2D eigenvalue weighted by Crippen LogP contribution is 2.26. The van der Waals surface area contributed by atoms with Gasteiger partial charge in [-0.05, 0) is 62.1 Å². The molecule has 6 heteroatoms. The van der Waals surface area contributed by atoms with Crippen molar-refractivity contribution in [2.45, 2.75) is 52.5 Å². The van der Waals surface area contributed by atoms with E-state index in [9.17, 15) is 9.59 Å². The Labute approximate surface area is 176 Å². The average molecular weight is 422 g/mol. The molecule has 2 aromatic carbocycles. The molecule has 0 bridgehead atoms. The van der Waals surface area contributed by atoms with Crippen LogP contribution in [-0.2, 0) is 10.3 Å². The maximum atomic E-state index is 13.1. The molecule has 1 amide bonds. The molecule has 0 aliphatic rings. The second kappa shape index (κ2) is 8.14. The van der Waals surface area contributed by atoms with Crippen LogP contribution in [0.2, 0.25) is 10.0 Å². The van der Waals surface area contributed by atoms with Gasteiger partial charge in [0.05, 0.1) is 16.1 Å². The number of carbonyl (C=O) groups is 2. The third-order valence-corrected chi connectivity index (χ3v) is 4.66. The second-order valence-corrected chi connectivity index (χ2v) is 9.44. The SMILES string of the molecule is CC(C)(C)c1ccc(C(=O)N(OC(=O)c2ccc(Cl)cc2Cl)C(C)(C)C)cc1. The van der Waals surface area contributed by atoms with Gasteiger partial charge in [-0.15, -0.1) is 0 Å². The molecule has 150 valence electrons. The van der Waals surface area contributed by atoms with Gasteiger partial charge in [0, 0.05) is 10.6 Å². The minimum atomic E-state index is -0.756. The molecule has 0 radical (unpaired) electrons. The van der Waals surface area contributed by atoms with E-state index in [1.165, 1.54) is 12.1 Å². The molecular weight excluding hydrogens is 397 g/mol. The Morgan fingerprint density at radius 3 is 1.93 bits per heavy atom. The first-order valence-electron chi connectivity index (χ1n) is 8.93. The van der Waals surface area contributed by atoms with Crippen molar-refractivity contribution in [2.24, 2.45) is 0 Å². The van der Waals surface area contributed by atoms with E-state index in [0.29, 0.717) is 10.6 Å². The number of amides is 1. The van der Waals surface area contributed by atoms with Gasteiger partial charge < -0.3 is 4.84 Å². The monoisotopic (exact) mass is 421 g/mol. The average Bonchev–Trinajstić information content (AvgIpc) is 2.57. The number of hydroxylamine groups is 2. The van der Waals surface area contributed by atoms with Gasteiger partial charge in [0.2, 0.25) is 0 Å². The van der Waals surface area contributed by atoms with Crippen LogP contribution >= 0.6 is 23.2 Å². The summed E-state index contributed by atoms with van der Waals surface area (Å²) >= 11 is 12.0. The lowest BCUT2D eigenvalue weighted by atomic mass is 9.86. The van der Waals surface area contributed by atoms with Crippen LogP contribution in [-0.4, -0.2) is 22.5 Å². The topological polar surface area (TPSA) is 46.6 Å². The minimum absolute atomic E-state index is 0.0247. The van der Waals surface area contributed by atoms with Crippen LogP contribution in [0.3, 0.4) is 0 Å².